The minimum Gasteiger partial charge on any atom is -0.396 e. The van der Waals surface area contributed by atoms with Crippen molar-refractivity contribution in [2.75, 3.05) is 20.2 Å². The number of nitrogens with one attached hydrogen (secondary N) is 1. The third-order valence-corrected chi connectivity index (χ3v) is 1.56. The third kappa shape index (κ3) is 4.77. The molecule has 0 aromatic rings. The molecule has 0 fully saturated rings. The highest BCUT2D eigenvalue weighted by molar-refractivity contribution is 4.61. The van der Waals surface area contributed by atoms with E-state index in [4.69, 9.17) is 5.11 Å². The quantitative estimate of drug-likeness (QED) is 0.601. The van der Waals surface area contributed by atoms with Crippen molar-refractivity contribution in [2.45, 2.75) is 20.3 Å². The summed E-state index contributed by atoms with van der Waals surface area (Å²) in [7, 11) is 1.92. The van der Waals surface area contributed by atoms with Gasteiger partial charge in [-0.3, -0.25) is 0 Å². The first-order valence-corrected chi connectivity index (χ1v) is 3.96. The molecule has 1 atom stereocenters. The second-order valence-corrected chi connectivity index (χ2v) is 3.24. The van der Waals surface area contributed by atoms with Crippen LogP contribution in [0.1, 0.15) is 20.3 Å². The van der Waals surface area contributed by atoms with Gasteiger partial charge < -0.3 is 10.4 Å². The fourth-order valence-corrected chi connectivity index (χ4v) is 1.18. The summed E-state index contributed by atoms with van der Waals surface area (Å²) >= 11 is 0. The van der Waals surface area contributed by atoms with Gasteiger partial charge in [0.15, 0.2) is 0 Å². The molecule has 0 amide bonds. The van der Waals surface area contributed by atoms with Crippen molar-refractivity contribution in [2.24, 2.45) is 11.8 Å². The molecule has 0 aliphatic heterocycles. The zero-order valence-corrected chi connectivity index (χ0v) is 7.22. The number of aliphatic hydroxyl groups excluding tert-OH is 1. The van der Waals surface area contributed by atoms with E-state index in [-0.39, 0.29) is 0 Å². The van der Waals surface area contributed by atoms with Crippen molar-refractivity contribution in [1.82, 2.24) is 5.32 Å². The van der Waals surface area contributed by atoms with E-state index >= 15 is 0 Å². The first-order valence-electron chi connectivity index (χ1n) is 3.96. The van der Waals surface area contributed by atoms with Gasteiger partial charge in [0.1, 0.15) is 0 Å². The highest BCUT2D eigenvalue weighted by Gasteiger charge is 2.07. The van der Waals surface area contributed by atoms with Crippen LogP contribution in [0.3, 0.4) is 0 Å². The van der Waals surface area contributed by atoms with Crippen LogP contribution < -0.4 is 5.32 Å². The lowest BCUT2D eigenvalue weighted by Crippen LogP contribution is -2.23. The maximum atomic E-state index is 8.87. The molecule has 10 heavy (non-hydrogen) atoms. The van der Waals surface area contributed by atoms with Crippen LogP contribution in [0.15, 0.2) is 0 Å². The molecule has 0 radical (unpaired) electrons. The Morgan fingerprint density at radius 3 is 2.30 bits per heavy atom. The summed E-state index contributed by atoms with van der Waals surface area (Å²) in [4.78, 5) is 0. The van der Waals surface area contributed by atoms with Crippen LogP contribution in [-0.2, 0) is 0 Å². The second-order valence-electron chi connectivity index (χ2n) is 3.24. The molecular formula is C8H19NO. The standard InChI is InChI=1S/C8H19NO/c1-7(2)4-8(6-10)5-9-3/h7-10H,4-6H2,1-3H3. The molecule has 0 aliphatic rings. The summed E-state index contributed by atoms with van der Waals surface area (Å²) in [6.07, 6.45) is 1.11. The SMILES string of the molecule is CNCC(CO)CC(C)C. The summed E-state index contributed by atoms with van der Waals surface area (Å²) in [5, 5.41) is 11.9. The first kappa shape index (κ1) is 9.92. The lowest BCUT2D eigenvalue weighted by molar-refractivity contribution is 0.204. The number of hydrogen-bond donors (Lipinski definition) is 2. The van der Waals surface area contributed by atoms with Crippen molar-refractivity contribution in [3.63, 3.8) is 0 Å². The molecule has 0 saturated heterocycles. The fourth-order valence-electron chi connectivity index (χ4n) is 1.18. The molecule has 0 aromatic carbocycles. The van der Waals surface area contributed by atoms with Gasteiger partial charge >= 0.3 is 0 Å². The topological polar surface area (TPSA) is 32.3 Å². The Balaban J connectivity index is 3.39. The minimum atomic E-state index is 0.305. The summed E-state index contributed by atoms with van der Waals surface area (Å²) < 4.78 is 0. The van der Waals surface area contributed by atoms with Crippen LogP contribution in [0.25, 0.3) is 0 Å². The Labute approximate surface area is 63.6 Å². The highest BCUT2D eigenvalue weighted by Crippen LogP contribution is 2.09. The van der Waals surface area contributed by atoms with Gasteiger partial charge in [-0.2, -0.15) is 0 Å². The van der Waals surface area contributed by atoms with Crippen molar-refractivity contribution in [3.8, 4) is 0 Å². The van der Waals surface area contributed by atoms with E-state index in [0.717, 1.165) is 13.0 Å². The summed E-state index contributed by atoms with van der Waals surface area (Å²) in [6, 6.07) is 0. The van der Waals surface area contributed by atoms with E-state index in [2.05, 4.69) is 19.2 Å². The van der Waals surface area contributed by atoms with Crippen LogP contribution in [-0.4, -0.2) is 25.3 Å². The predicted octanol–water partition coefficient (Wildman–Crippen LogP) is 0.860. The van der Waals surface area contributed by atoms with Crippen molar-refractivity contribution >= 4 is 0 Å². The van der Waals surface area contributed by atoms with Crippen LogP contribution in [0, 0.1) is 11.8 Å². The second kappa shape index (κ2) is 5.69. The Kier molecular flexibility index (Phi) is 5.64. The summed E-state index contributed by atoms with van der Waals surface area (Å²) in [5.41, 5.74) is 0. The van der Waals surface area contributed by atoms with E-state index < -0.39 is 0 Å². The third-order valence-electron chi connectivity index (χ3n) is 1.56. The van der Waals surface area contributed by atoms with Gasteiger partial charge in [-0.15, -0.1) is 0 Å². The molecule has 2 N–H and O–H groups in total. The van der Waals surface area contributed by atoms with E-state index in [1.165, 1.54) is 0 Å². The number of hydrogen-bond acceptors (Lipinski definition) is 2. The molecular weight excluding hydrogens is 126 g/mol. The van der Waals surface area contributed by atoms with Crippen LogP contribution in [0.4, 0.5) is 0 Å². The highest BCUT2D eigenvalue weighted by atomic mass is 16.3. The Morgan fingerprint density at radius 2 is 2.00 bits per heavy atom. The molecule has 2 heteroatoms. The average Bonchev–Trinajstić information content (AvgIpc) is 1.86. The zero-order valence-electron chi connectivity index (χ0n) is 7.22. The molecule has 2 nitrogen and oxygen atoms in total. The van der Waals surface area contributed by atoms with Crippen LogP contribution >= 0.6 is 0 Å². The largest absolute Gasteiger partial charge is 0.396 e. The minimum absolute atomic E-state index is 0.305. The van der Waals surface area contributed by atoms with Gasteiger partial charge in [0.2, 0.25) is 0 Å². The van der Waals surface area contributed by atoms with Crippen molar-refractivity contribution in [3.05, 3.63) is 0 Å². The fraction of sp³-hybridized carbons (Fsp3) is 1.00. The molecule has 0 aliphatic carbocycles. The molecule has 0 aromatic heterocycles. The zero-order chi connectivity index (χ0) is 7.98. The molecule has 0 bridgehead atoms. The van der Waals surface area contributed by atoms with Gasteiger partial charge in [0.05, 0.1) is 0 Å². The van der Waals surface area contributed by atoms with Gasteiger partial charge in [-0.1, -0.05) is 13.8 Å². The van der Waals surface area contributed by atoms with Crippen LogP contribution in [0.2, 0.25) is 0 Å². The molecule has 0 saturated carbocycles. The maximum absolute atomic E-state index is 8.87. The Bertz CT molecular complexity index is 73.7. The predicted molar refractivity (Wildman–Crippen MR) is 44.0 cm³/mol. The molecule has 1 unspecified atom stereocenters. The van der Waals surface area contributed by atoms with Gasteiger partial charge in [-0.05, 0) is 31.8 Å². The maximum Gasteiger partial charge on any atom is 0.0471 e. The summed E-state index contributed by atoms with van der Waals surface area (Å²) in [5.74, 6) is 1.12. The van der Waals surface area contributed by atoms with E-state index in [9.17, 15) is 0 Å². The van der Waals surface area contributed by atoms with E-state index in [1.54, 1.807) is 0 Å². The monoisotopic (exact) mass is 145 g/mol. The van der Waals surface area contributed by atoms with Gasteiger partial charge in [0.25, 0.3) is 0 Å². The summed E-state index contributed by atoms with van der Waals surface area (Å²) in [6.45, 7) is 5.59. The van der Waals surface area contributed by atoms with Gasteiger partial charge in [0, 0.05) is 6.61 Å². The Hall–Kier alpha value is -0.0800. The average molecular weight is 145 g/mol. The van der Waals surface area contributed by atoms with Crippen molar-refractivity contribution < 1.29 is 5.11 Å². The number of rotatable bonds is 5. The molecule has 0 spiro atoms. The molecule has 62 valence electrons. The Morgan fingerprint density at radius 1 is 1.40 bits per heavy atom. The van der Waals surface area contributed by atoms with Crippen molar-refractivity contribution in [1.29, 1.82) is 0 Å². The lowest BCUT2D eigenvalue weighted by atomic mass is 9.98. The van der Waals surface area contributed by atoms with E-state index in [1.807, 2.05) is 7.05 Å². The van der Waals surface area contributed by atoms with Crippen LogP contribution in [0.5, 0.6) is 0 Å². The normalized spacial score (nSPS) is 14.1. The number of aliphatic hydroxyl groups is 1. The lowest BCUT2D eigenvalue weighted by Gasteiger charge is -2.15. The van der Waals surface area contributed by atoms with Gasteiger partial charge in [-0.25, -0.2) is 0 Å². The first-order chi connectivity index (χ1) is 4.70. The van der Waals surface area contributed by atoms with E-state index in [0.29, 0.717) is 18.4 Å². The molecule has 0 rings (SSSR count). The molecule has 0 heterocycles. The smallest absolute Gasteiger partial charge is 0.0471 e.